The number of carbonyl (C=O) groups excluding carboxylic acids is 2. The maximum atomic E-state index is 11.4. The molecule has 116 valence electrons. The van der Waals surface area contributed by atoms with Crippen LogP contribution in [0.25, 0.3) is 0 Å². The highest BCUT2D eigenvalue weighted by Gasteiger charge is 2.23. The summed E-state index contributed by atoms with van der Waals surface area (Å²) in [5.74, 6) is 0.0603. The van der Waals surface area contributed by atoms with Gasteiger partial charge in [0.05, 0.1) is 12.5 Å². The summed E-state index contributed by atoms with van der Waals surface area (Å²) >= 11 is 0. The molecule has 0 aliphatic heterocycles. The molecule has 1 aromatic heterocycles. The monoisotopic (exact) mass is 296 g/mol. The fraction of sp³-hybridized carbons (Fsp3) is 0.500. The van der Waals surface area contributed by atoms with Gasteiger partial charge in [-0.15, -0.1) is 0 Å². The number of alkyl carbamates (subject to hydrolysis) is 1. The number of nitrogens with zero attached hydrogens (tertiary/aromatic N) is 1. The van der Waals surface area contributed by atoms with E-state index in [0.29, 0.717) is 5.88 Å². The van der Waals surface area contributed by atoms with Gasteiger partial charge < -0.3 is 19.5 Å². The lowest BCUT2D eigenvalue weighted by molar-refractivity contribution is -0.161. The number of nitrogens with one attached hydrogen (secondary N) is 1. The van der Waals surface area contributed by atoms with Crippen molar-refractivity contribution in [3.63, 3.8) is 0 Å². The smallest absolute Gasteiger partial charge is 0.410 e. The van der Waals surface area contributed by atoms with Crippen molar-refractivity contribution < 1.29 is 23.8 Å². The van der Waals surface area contributed by atoms with Crippen LogP contribution in [-0.4, -0.2) is 30.9 Å². The van der Waals surface area contributed by atoms with Crippen LogP contribution >= 0.6 is 0 Å². The topological polar surface area (TPSA) is 86.8 Å². The first-order valence-electron chi connectivity index (χ1n) is 6.39. The number of aromatic nitrogens is 1. The average Bonchev–Trinajstić information content (AvgIpc) is 2.44. The molecule has 7 heteroatoms. The van der Waals surface area contributed by atoms with Crippen LogP contribution in [0.2, 0.25) is 0 Å². The highest BCUT2D eigenvalue weighted by molar-refractivity contribution is 5.75. The molecule has 0 saturated carbocycles. The lowest BCUT2D eigenvalue weighted by Gasteiger charge is -2.16. The Kier molecular flexibility index (Phi) is 5.95. The SMILES string of the molecule is COc1ccc(CNC(=O)OCOC(=O)C(C)(C)C)cn1. The third-order valence-electron chi connectivity index (χ3n) is 2.44. The van der Waals surface area contributed by atoms with Crippen LogP contribution in [0.5, 0.6) is 5.88 Å². The van der Waals surface area contributed by atoms with Crippen molar-refractivity contribution >= 4 is 12.1 Å². The Morgan fingerprint density at radius 2 is 1.95 bits per heavy atom. The van der Waals surface area contributed by atoms with E-state index in [-0.39, 0.29) is 6.54 Å². The summed E-state index contributed by atoms with van der Waals surface area (Å²) < 4.78 is 14.5. The molecule has 0 fully saturated rings. The molecule has 0 radical (unpaired) electrons. The van der Waals surface area contributed by atoms with E-state index in [1.807, 2.05) is 0 Å². The van der Waals surface area contributed by atoms with Crippen LogP contribution < -0.4 is 10.1 Å². The third-order valence-corrected chi connectivity index (χ3v) is 2.44. The first-order chi connectivity index (χ1) is 9.82. The molecule has 1 heterocycles. The van der Waals surface area contributed by atoms with E-state index in [1.54, 1.807) is 39.1 Å². The number of ether oxygens (including phenoxy) is 3. The predicted octanol–water partition coefficient (Wildman–Crippen LogP) is 1.86. The zero-order chi connectivity index (χ0) is 15.9. The van der Waals surface area contributed by atoms with Gasteiger partial charge in [0.2, 0.25) is 12.7 Å². The van der Waals surface area contributed by atoms with Gasteiger partial charge in [-0.2, -0.15) is 0 Å². The lowest BCUT2D eigenvalue weighted by Crippen LogP contribution is -2.28. The second-order valence-electron chi connectivity index (χ2n) is 5.29. The Morgan fingerprint density at radius 3 is 2.48 bits per heavy atom. The zero-order valence-electron chi connectivity index (χ0n) is 12.6. The van der Waals surface area contributed by atoms with Crippen molar-refractivity contribution in [2.45, 2.75) is 27.3 Å². The summed E-state index contributed by atoms with van der Waals surface area (Å²) in [6, 6.07) is 3.46. The van der Waals surface area contributed by atoms with Crippen molar-refractivity contribution in [2.24, 2.45) is 5.41 Å². The molecule has 0 unspecified atom stereocenters. The molecule has 7 nitrogen and oxygen atoms in total. The van der Waals surface area contributed by atoms with Crippen molar-refractivity contribution in [1.82, 2.24) is 10.3 Å². The maximum Gasteiger partial charge on any atom is 0.410 e. The lowest BCUT2D eigenvalue weighted by atomic mass is 9.98. The van der Waals surface area contributed by atoms with Crippen LogP contribution in [0.3, 0.4) is 0 Å². The number of hydrogen-bond donors (Lipinski definition) is 1. The fourth-order valence-electron chi connectivity index (χ4n) is 1.21. The van der Waals surface area contributed by atoms with Crippen molar-refractivity contribution in [3.05, 3.63) is 23.9 Å². The maximum absolute atomic E-state index is 11.4. The Labute approximate surface area is 123 Å². The second-order valence-corrected chi connectivity index (χ2v) is 5.29. The summed E-state index contributed by atoms with van der Waals surface area (Å²) in [4.78, 5) is 26.8. The first kappa shape index (κ1) is 16.7. The van der Waals surface area contributed by atoms with Crippen LogP contribution in [0, 0.1) is 5.41 Å². The quantitative estimate of drug-likeness (QED) is 0.659. The van der Waals surface area contributed by atoms with Gasteiger partial charge in [-0.1, -0.05) is 6.07 Å². The second kappa shape index (κ2) is 7.47. The van der Waals surface area contributed by atoms with Crippen LogP contribution in [0.4, 0.5) is 4.79 Å². The van der Waals surface area contributed by atoms with Crippen molar-refractivity contribution in [3.8, 4) is 5.88 Å². The van der Waals surface area contributed by atoms with E-state index in [4.69, 9.17) is 14.2 Å². The number of esters is 1. The van der Waals surface area contributed by atoms with E-state index in [1.165, 1.54) is 7.11 Å². The third kappa shape index (κ3) is 6.11. The van der Waals surface area contributed by atoms with Crippen LogP contribution in [0.15, 0.2) is 18.3 Å². The molecule has 0 atom stereocenters. The zero-order valence-corrected chi connectivity index (χ0v) is 12.6. The van der Waals surface area contributed by atoms with Crippen LogP contribution in [0.1, 0.15) is 26.3 Å². The highest BCUT2D eigenvalue weighted by Crippen LogP contribution is 2.14. The number of carbonyl (C=O) groups is 2. The van der Waals surface area contributed by atoms with Crippen molar-refractivity contribution in [2.75, 3.05) is 13.9 Å². The number of methoxy groups -OCH3 is 1. The van der Waals surface area contributed by atoms with Gasteiger partial charge in [-0.05, 0) is 26.3 Å². The summed E-state index contributed by atoms with van der Waals surface area (Å²) in [6.45, 7) is 4.98. The normalized spacial score (nSPS) is 10.7. The van der Waals surface area contributed by atoms with Gasteiger partial charge in [0.25, 0.3) is 0 Å². The number of rotatable bonds is 5. The van der Waals surface area contributed by atoms with E-state index in [2.05, 4.69) is 10.3 Å². The highest BCUT2D eigenvalue weighted by atomic mass is 16.7. The predicted molar refractivity (Wildman–Crippen MR) is 74.5 cm³/mol. The van der Waals surface area contributed by atoms with Gasteiger partial charge in [0.15, 0.2) is 0 Å². The Bertz CT molecular complexity index is 479. The van der Waals surface area contributed by atoms with E-state index in [0.717, 1.165) is 5.56 Å². The molecule has 1 amide bonds. The molecule has 1 rings (SSSR count). The molecule has 0 saturated heterocycles. The molecule has 0 aliphatic carbocycles. The van der Waals surface area contributed by atoms with Gasteiger partial charge >= 0.3 is 12.1 Å². The molecule has 21 heavy (non-hydrogen) atoms. The standard InChI is InChI=1S/C14H20N2O5/c1-14(2,3)12(17)20-9-21-13(18)16-8-10-5-6-11(19-4)15-7-10/h5-7H,8-9H2,1-4H3,(H,16,18). The number of hydrogen-bond acceptors (Lipinski definition) is 6. The molecular weight excluding hydrogens is 276 g/mol. The Morgan fingerprint density at radius 1 is 1.24 bits per heavy atom. The largest absolute Gasteiger partial charge is 0.481 e. The summed E-state index contributed by atoms with van der Waals surface area (Å²) in [6.07, 6.45) is 0.908. The Hall–Kier alpha value is -2.31. The molecule has 1 aromatic rings. The minimum absolute atomic E-state index is 0.253. The molecule has 0 bridgehead atoms. The molecule has 0 aliphatic rings. The minimum atomic E-state index is -0.674. The molecule has 0 aromatic carbocycles. The summed E-state index contributed by atoms with van der Waals surface area (Å²) in [5.41, 5.74) is 0.161. The number of amides is 1. The van der Waals surface area contributed by atoms with Gasteiger partial charge in [0.1, 0.15) is 0 Å². The first-order valence-corrected chi connectivity index (χ1v) is 6.39. The van der Waals surface area contributed by atoms with E-state index < -0.39 is 24.3 Å². The van der Waals surface area contributed by atoms with Crippen molar-refractivity contribution in [1.29, 1.82) is 0 Å². The molecule has 0 spiro atoms. The minimum Gasteiger partial charge on any atom is -0.481 e. The Balaban J connectivity index is 2.26. The van der Waals surface area contributed by atoms with Gasteiger partial charge in [0, 0.05) is 18.8 Å². The summed E-state index contributed by atoms with van der Waals surface area (Å²) in [7, 11) is 1.52. The average molecular weight is 296 g/mol. The van der Waals surface area contributed by atoms with E-state index in [9.17, 15) is 9.59 Å². The van der Waals surface area contributed by atoms with E-state index >= 15 is 0 Å². The van der Waals surface area contributed by atoms with Crippen LogP contribution in [-0.2, 0) is 20.8 Å². The molecular formula is C14H20N2O5. The van der Waals surface area contributed by atoms with Gasteiger partial charge in [-0.25, -0.2) is 9.78 Å². The number of pyridine rings is 1. The fourth-order valence-corrected chi connectivity index (χ4v) is 1.21. The molecule has 1 N–H and O–H groups in total. The van der Waals surface area contributed by atoms with Gasteiger partial charge in [-0.3, -0.25) is 4.79 Å². The summed E-state index contributed by atoms with van der Waals surface area (Å²) in [5, 5.41) is 2.52.